The smallest absolute Gasteiger partial charge is 0.0953 e. The lowest BCUT2D eigenvalue weighted by Crippen LogP contribution is -2.23. The molecule has 0 radical (unpaired) electrons. The lowest BCUT2D eigenvalue weighted by molar-refractivity contribution is 0.787. The van der Waals surface area contributed by atoms with Crippen LogP contribution in [0.2, 0.25) is 0 Å². The van der Waals surface area contributed by atoms with Crippen LogP contribution in [-0.2, 0) is 0 Å². The van der Waals surface area contributed by atoms with Crippen molar-refractivity contribution in [3.63, 3.8) is 0 Å². The van der Waals surface area contributed by atoms with Gasteiger partial charge in [0.05, 0.1) is 8.22 Å². The molecule has 0 saturated heterocycles. The Labute approximate surface area is 103 Å². The maximum absolute atomic E-state index is 3.65. The standard InChI is InChI=1S/C14H17N2P/c1-14(2,3)17-15-11-8-4-6-10-7-5-9-12(16-17)13(10)11/h4-9,15-16H,1-3H3. The zero-order chi connectivity index (χ0) is 12.0. The van der Waals surface area contributed by atoms with Crippen molar-refractivity contribution >= 4 is 30.4 Å². The van der Waals surface area contributed by atoms with Gasteiger partial charge in [0, 0.05) is 21.9 Å². The number of rotatable bonds is 0. The SMILES string of the molecule is CC(C)(C)P1Nc2cccc3cccc(c23)N1. The van der Waals surface area contributed by atoms with Gasteiger partial charge in [-0.25, -0.2) is 0 Å². The second kappa shape index (κ2) is 3.61. The van der Waals surface area contributed by atoms with Gasteiger partial charge in [0.25, 0.3) is 0 Å². The molecule has 0 unspecified atom stereocenters. The minimum Gasteiger partial charge on any atom is -0.347 e. The van der Waals surface area contributed by atoms with Crippen LogP contribution in [0, 0.1) is 0 Å². The molecule has 88 valence electrons. The zero-order valence-corrected chi connectivity index (χ0v) is 11.3. The fourth-order valence-electron chi connectivity index (χ4n) is 2.13. The molecule has 0 atom stereocenters. The summed E-state index contributed by atoms with van der Waals surface area (Å²) in [5.74, 6) is 0. The molecule has 0 spiro atoms. The molecule has 1 heterocycles. The molecule has 0 saturated carbocycles. The van der Waals surface area contributed by atoms with Crippen LogP contribution in [0.5, 0.6) is 0 Å². The highest BCUT2D eigenvalue weighted by Gasteiger charge is 2.29. The molecule has 2 N–H and O–H groups in total. The van der Waals surface area contributed by atoms with Crippen molar-refractivity contribution in [2.45, 2.75) is 25.9 Å². The summed E-state index contributed by atoms with van der Waals surface area (Å²) in [6, 6.07) is 12.9. The Kier molecular flexibility index (Phi) is 2.31. The van der Waals surface area contributed by atoms with Gasteiger partial charge in [0.1, 0.15) is 0 Å². The fraction of sp³-hybridized carbons (Fsp3) is 0.286. The molecule has 0 aliphatic carbocycles. The number of nitrogens with one attached hydrogen (secondary N) is 2. The minimum absolute atomic E-state index is 0.241. The second-order valence-electron chi connectivity index (χ2n) is 5.44. The van der Waals surface area contributed by atoms with E-state index in [0.29, 0.717) is 0 Å². The first-order valence-corrected chi connectivity index (χ1v) is 7.25. The molecule has 0 aromatic heterocycles. The molecule has 1 aliphatic heterocycles. The third kappa shape index (κ3) is 1.77. The van der Waals surface area contributed by atoms with Gasteiger partial charge in [-0.05, 0) is 17.5 Å². The first-order chi connectivity index (χ1) is 8.05. The van der Waals surface area contributed by atoms with Crippen LogP contribution >= 0.6 is 8.22 Å². The number of hydrogen-bond acceptors (Lipinski definition) is 2. The second-order valence-corrected chi connectivity index (χ2v) is 7.90. The average Bonchev–Trinajstić information content (AvgIpc) is 2.28. The maximum atomic E-state index is 3.65. The molecule has 0 amide bonds. The molecule has 0 bridgehead atoms. The Bertz CT molecular complexity index is 531. The summed E-state index contributed by atoms with van der Waals surface area (Å²) in [7, 11) is -0.425. The third-order valence-corrected chi connectivity index (χ3v) is 5.31. The maximum Gasteiger partial charge on any atom is 0.0953 e. The van der Waals surface area contributed by atoms with Crippen LogP contribution in [0.3, 0.4) is 0 Å². The van der Waals surface area contributed by atoms with Gasteiger partial charge in [0.2, 0.25) is 0 Å². The van der Waals surface area contributed by atoms with Gasteiger partial charge < -0.3 is 10.2 Å². The molecule has 2 aromatic rings. The van der Waals surface area contributed by atoms with Gasteiger partial charge in [-0.3, -0.25) is 0 Å². The summed E-state index contributed by atoms with van der Waals surface area (Å²) in [6.45, 7) is 6.81. The molecule has 1 aliphatic rings. The summed E-state index contributed by atoms with van der Waals surface area (Å²) in [5.41, 5.74) is 2.52. The molecule has 17 heavy (non-hydrogen) atoms. The van der Waals surface area contributed by atoms with E-state index in [4.69, 9.17) is 0 Å². The van der Waals surface area contributed by atoms with Crippen LogP contribution in [0.4, 0.5) is 11.4 Å². The van der Waals surface area contributed by atoms with Crippen molar-refractivity contribution in [2.24, 2.45) is 0 Å². The van der Waals surface area contributed by atoms with Crippen LogP contribution in [0.25, 0.3) is 10.8 Å². The highest BCUT2D eigenvalue weighted by molar-refractivity contribution is 7.62. The lowest BCUT2D eigenvalue weighted by atomic mass is 10.1. The van der Waals surface area contributed by atoms with Gasteiger partial charge in [0.15, 0.2) is 0 Å². The number of hydrogen-bond donors (Lipinski definition) is 2. The summed E-state index contributed by atoms with van der Waals surface area (Å²) >= 11 is 0. The number of benzene rings is 2. The van der Waals surface area contributed by atoms with E-state index in [-0.39, 0.29) is 5.16 Å². The largest absolute Gasteiger partial charge is 0.347 e. The topological polar surface area (TPSA) is 24.1 Å². The summed E-state index contributed by atoms with van der Waals surface area (Å²) in [5, 5.41) is 10.2. The van der Waals surface area contributed by atoms with Crippen molar-refractivity contribution in [2.75, 3.05) is 10.2 Å². The van der Waals surface area contributed by atoms with E-state index < -0.39 is 8.22 Å². The minimum atomic E-state index is -0.425. The summed E-state index contributed by atoms with van der Waals surface area (Å²) in [6.07, 6.45) is 0. The highest BCUT2D eigenvalue weighted by atomic mass is 31.1. The van der Waals surface area contributed by atoms with Crippen molar-refractivity contribution in [3.8, 4) is 0 Å². The Morgan fingerprint density at radius 3 is 1.88 bits per heavy atom. The van der Waals surface area contributed by atoms with E-state index in [1.54, 1.807) is 0 Å². The first kappa shape index (κ1) is 10.9. The third-order valence-electron chi connectivity index (χ3n) is 3.04. The fourth-order valence-corrected chi connectivity index (χ4v) is 3.71. The van der Waals surface area contributed by atoms with Gasteiger partial charge >= 0.3 is 0 Å². The van der Waals surface area contributed by atoms with Crippen molar-refractivity contribution in [3.05, 3.63) is 36.4 Å². The van der Waals surface area contributed by atoms with E-state index in [1.807, 2.05) is 0 Å². The lowest BCUT2D eigenvalue weighted by Gasteiger charge is -2.37. The van der Waals surface area contributed by atoms with Crippen molar-refractivity contribution < 1.29 is 0 Å². The van der Waals surface area contributed by atoms with Crippen molar-refractivity contribution in [1.82, 2.24) is 0 Å². The quantitative estimate of drug-likeness (QED) is 0.651. The van der Waals surface area contributed by atoms with E-state index in [1.165, 1.54) is 22.1 Å². The summed E-state index contributed by atoms with van der Waals surface area (Å²) < 4.78 is 0. The number of anilines is 2. The Hall–Kier alpha value is -1.27. The molecular formula is C14H17N2P. The predicted molar refractivity (Wildman–Crippen MR) is 77.9 cm³/mol. The van der Waals surface area contributed by atoms with E-state index >= 15 is 0 Å². The Balaban J connectivity index is 2.17. The van der Waals surface area contributed by atoms with Crippen molar-refractivity contribution in [1.29, 1.82) is 0 Å². The monoisotopic (exact) mass is 244 g/mol. The molecule has 0 fully saturated rings. The van der Waals surface area contributed by atoms with Gasteiger partial charge in [-0.15, -0.1) is 0 Å². The predicted octanol–water partition coefficient (Wildman–Crippen LogP) is 4.79. The van der Waals surface area contributed by atoms with E-state index in [0.717, 1.165) is 0 Å². The summed E-state index contributed by atoms with van der Waals surface area (Å²) in [4.78, 5) is 0. The van der Waals surface area contributed by atoms with Crippen LogP contribution in [0.1, 0.15) is 20.8 Å². The molecule has 3 heteroatoms. The normalized spacial score (nSPS) is 15.5. The molecule has 2 aromatic carbocycles. The highest BCUT2D eigenvalue weighted by Crippen LogP contribution is 2.54. The van der Waals surface area contributed by atoms with Gasteiger partial charge in [-0.1, -0.05) is 45.0 Å². The average molecular weight is 244 g/mol. The van der Waals surface area contributed by atoms with Crippen LogP contribution < -0.4 is 10.2 Å². The molecule has 2 nitrogen and oxygen atoms in total. The Morgan fingerprint density at radius 1 is 0.882 bits per heavy atom. The van der Waals surface area contributed by atoms with Gasteiger partial charge in [-0.2, -0.15) is 0 Å². The zero-order valence-electron chi connectivity index (χ0n) is 10.4. The molecule has 3 rings (SSSR count). The first-order valence-electron chi connectivity index (χ1n) is 5.91. The van der Waals surface area contributed by atoms with E-state index in [9.17, 15) is 0 Å². The van der Waals surface area contributed by atoms with E-state index in [2.05, 4.69) is 67.3 Å². The molecular weight excluding hydrogens is 227 g/mol. The Morgan fingerprint density at radius 2 is 1.41 bits per heavy atom. The van der Waals surface area contributed by atoms with Crippen LogP contribution in [-0.4, -0.2) is 5.16 Å². The van der Waals surface area contributed by atoms with Crippen LogP contribution in [0.15, 0.2) is 36.4 Å².